The van der Waals surface area contributed by atoms with Crippen molar-refractivity contribution in [2.75, 3.05) is 17.6 Å². The van der Waals surface area contributed by atoms with Crippen LogP contribution >= 0.6 is 0 Å². The number of nitrogens with zero attached hydrogens (tertiary/aromatic N) is 1. The Bertz CT molecular complexity index is 880. The van der Waals surface area contributed by atoms with Gasteiger partial charge >= 0.3 is 0 Å². The van der Waals surface area contributed by atoms with Crippen molar-refractivity contribution in [2.45, 2.75) is 63.4 Å². The van der Waals surface area contributed by atoms with E-state index in [2.05, 4.69) is 10.0 Å². The normalized spacial score (nSPS) is 18.9. The van der Waals surface area contributed by atoms with Crippen LogP contribution in [0.15, 0.2) is 29.2 Å². The summed E-state index contributed by atoms with van der Waals surface area (Å²) in [6.07, 6.45) is 2.49. The van der Waals surface area contributed by atoms with E-state index in [9.17, 15) is 21.6 Å². The molecule has 1 aromatic carbocycles. The van der Waals surface area contributed by atoms with Crippen molar-refractivity contribution in [3.63, 3.8) is 0 Å². The van der Waals surface area contributed by atoms with Crippen molar-refractivity contribution in [3.05, 3.63) is 24.3 Å². The van der Waals surface area contributed by atoms with Gasteiger partial charge in [0, 0.05) is 18.3 Å². The Morgan fingerprint density at radius 3 is 2.36 bits per heavy atom. The molecule has 2 rings (SSSR count). The lowest BCUT2D eigenvalue weighted by Crippen LogP contribution is -2.50. The molecule has 0 radical (unpaired) electrons. The highest BCUT2D eigenvalue weighted by atomic mass is 32.2. The summed E-state index contributed by atoms with van der Waals surface area (Å²) in [5, 5.41) is 2.71. The van der Waals surface area contributed by atoms with Crippen LogP contribution in [0.25, 0.3) is 0 Å². The molecule has 28 heavy (non-hydrogen) atoms. The summed E-state index contributed by atoms with van der Waals surface area (Å²) in [4.78, 5) is 12.8. The van der Waals surface area contributed by atoms with Gasteiger partial charge in [0.2, 0.25) is 26.0 Å². The van der Waals surface area contributed by atoms with Crippen LogP contribution in [0, 0.1) is 0 Å². The summed E-state index contributed by atoms with van der Waals surface area (Å²) in [5.74, 6) is -0.373. The van der Waals surface area contributed by atoms with E-state index in [-0.39, 0.29) is 16.7 Å². The van der Waals surface area contributed by atoms with Gasteiger partial charge in [0.25, 0.3) is 0 Å². The van der Waals surface area contributed by atoms with Crippen molar-refractivity contribution in [1.29, 1.82) is 0 Å². The largest absolute Gasteiger partial charge is 0.325 e. The van der Waals surface area contributed by atoms with E-state index in [0.717, 1.165) is 12.8 Å². The number of benzene rings is 1. The Hall–Kier alpha value is -1.49. The number of hydrogen-bond acceptors (Lipinski definition) is 5. The van der Waals surface area contributed by atoms with Gasteiger partial charge in [-0.1, -0.05) is 13.3 Å². The van der Waals surface area contributed by atoms with Crippen LogP contribution in [0.5, 0.6) is 0 Å². The minimum atomic E-state index is -3.61. The first kappa shape index (κ1) is 22.8. The van der Waals surface area contributed by atoms with Crippen molar-refractivity contribution in [3.8, 4) is 0 Å². The average Bonchev–Trinajstić information content (AvgIpc) is 2.61. The lowest BCUT2D eigenvalue weighted by atomic mass is 10.0. The zero-order valence-corrected chi connectivity index (χ0v) is 18.1. The number of nitrogens with one attached hydrogen (secondary N) is 2. The quantitative estimate of drug-likeness (QED) is 0.653. The van der Waals surface area contributed by atoms with Gasteiger partial charge in [-0.15, -0.1) is 0 Å². The van der Waals surface area contributed by atoms with Gasteiger partial charge in [-0.25, -0.2) is 21.6 Å². The first-order valence-electron chi connectivity index (χ1n) is 9.49. The fourth-order valence-electron chi connectivity index (χ4n) is 3.20. The van der Waals surface area contributed by atoms with Gasteiger partial charge < -0.3 is 5.32 Å². The molecule has 0 aliphatic carbocycles. The average molecular weight is 432 g/mol. The molecule has 1 heterocycles. The first-order chi connectivity index (χ1) is 13.1. The van der Waals surface area contributed by atoms with Crippen molar-refractivity contribution >= 4 is 31.6 Å². The summed E-state index contributed by atoms with van der Waals surface area (Å²) < 4.78 is 53.1. The van der Waals surface area contributed by atoms with Crippen molar-refractivity contribution < 1.29 is 21.6 Å². The maximum Gasteiger partial charge on any atom is 0.242 e. The SMILES string of the molecule is CCCS(=O)(=O)N1CCCCC1C(=O)Nc1ccc(S(=O)(=O)NC(C)C)cc1. The van der Waals surface area contributed by atoms with Crippen molar-refractivity contribution in [2.24, 2.45) is 0 Å². The number of carbonyl (C=O) groups excluding carboxylic acids is 1. The van der Waals surface area contributed by atoms with E-state index in [4.69, 9.17) is 0 Å². The number of amides is 1. The maximum atomic E-state index is 12.7. The monoisotopic (exact) mass is 431 g/mol. The summed E-state index contributed by atoms with van der Waals surface area (Å²) in [5.41, 5.74) is 0.423. The lowest BCUT2D eigenvalue weighted by Gasteiger charge is -2.33. The molecule has 158 valence electrons. The Morgan fingerprint density at radius 2 is 1.79 bits per heavy atom. The Balaban J connectivity index is 2.13. The molecule has 1 unspecified atom stereocenters. The van der Waals surface area contributed by atoms with E-state index < -0.39 is 32.0 Å². The third-order valence-corrected chi connectivity index (χ3v) is 8.15. The molecule has 0 bridgehead atoms. The zero-order chi connectivity index (χ0) is 20.9. The zero-order valence-electron chi connectivity index (χ0n) is 16.5. The minimum absolute atomic E-state index is 0.0200. The Morgan fingerprint density at radius 1 is 1.14 bits per heavy atom. The van der Waals surface area contributed by atoms with Gasteiger partial charge in [0.05, 0.1) is 10.6 Å². The fraction of sp³-hybridized carbons (Fsp3) is 0.611. The fourth-order valence-corrected chi connectivity index (χ4v) is 6.19. The lowest BCUT2D eigenvalue weighted by molar-refractivity contribution is -0.120. The molecule has 0 aromatic heterocycles. The molecule has 1 aromatic rings. The van der Waals surface area contributed by atoms with Gasteiger partial charge in [0.15, 0.2) is 0 Å². The third-order valence-electron chi connectivity index (χ3n) is 4.40. The van der Waals surface area contributed by atoms with Crippen LogP contribution in [0.3, 0.4) is 0 Å². The number of anilines is 1. The molecule has 0 spiro atoms. The van der Waals surface area contributed by atoms with Gasteiger partial charge in [0.1, 0.15) is 6.04 Å². The summed E-state index contributed by atoms with van der Waals surface area (Å²) in [6, 6.07) is 4.85. The molecule has 1 atom stereocenters. The summed E-state index contributed by atoms with van der Waals surface area (Å²) >= 11 is 0. The predicted molar refractivity (Wildman–Crippen MR) is 109 cm³/mol. The number of rotatable bonds is 8. The first-order valence-corrected chi connectivity index (χ1v) is 12.6. The molecule has 0 saturated carbocycles. The van der Waals surface area contributed by atoms with E-state index in [0.29, 0.717) is 25.1 Å². The second kappa shape index (κ2) is 9.34. The Kier molecular flexibility index (Phi) is 7.60. The van der Waals surface area contributed by atoms with E-state index in [1.165, 1.54) is 28.6 Å². The van der Waals surface area contributed by atoms with Crippen LogP contribution in [0.2, 0.25) is 0 Å². The molecule has 8 nitrogen and oxygen atoms in total. The molecule has 1 amide bonds. The molecular weight excluding hydrogens is 402 g/mol. The second-order valence-corrected chi connectivity index (χ2v) is 11.0. The highest BCUT2D eigenvalue weighted by molar-refractivity contribution is 7.89. The smallest absolute Gasteiger partial charge is 0.242 e. The molecule has 10 heteroatoms. The maximum absolute atomic E-state index is 12.7. The highest BCUT2D eigenvalue weighted by Gasteiger charge is 2.36. The number of carbonyl (C=O) groups is 1. The topological polar surface area (TPSA) is 113 Å². The van der Waals surface area contributed by atoms with E-state index in [1.807, 2.05) is 0 Å². The predicted octanol–water partition coefficient (Wildman–Crippen LogP) is 1.91. The van der Waals surface area contributed by atoms with Crippen molar-refractivity contribution in [1.82, 2.24) is 9.03 Å². The molecule has 1 fully saturated rings. The Labute approximate surface area is 167 Å². The number of piperidine rings is 1. The van der Waals surface area contributed by atoms with Crippen LogP contribution in [-0.2, 0) is 24.8 Å². The molecule has 1 aliphatic heterocycles. The number of sulfonamides is 2. The van der Waals surface area contributed by atoms with Crippen LogP contribution in [-0.4, -0.2) is 51.4 Å². The van der Waals surface area contributed by atoms with Gasteiger partial charge in [-0.05, 0) is 57.4 Å². The molecule has 1 saturated heterocycles. The van der Waals surface area contributed by atoms with Gasteiger partial charge in [-0.3, -0.25) is 4.79 Å². The van der Waals surface area contributed by atoms with Crippen LogP contribution in [0.4, 0.5) is 5.69 Å². The second-order valence-electron chi connectivity index (χ2n) is 7.23. The van der Waals surface area contributed by atoms with Crippen LogP contribution in [0.1, 0.15) is 46.5 Å². The molecular formula is C18H29N3O5S2. The van der Waals surface area contributed by atoms with Gasteiger partial charge in [-0.2, -0.15) is 4.31 Å². The van der Waals surface area contributed by atoms with E-state index in [1.54, 1.807) is 20.8 Å². The van der Waals surface area contributed by atoms with Crippen LogP contribution < -0.4 is 10.0 Å². The highest BCUT2D eigenvalue weighted by Crippen LogP contribution is 2.23. The minimum Gasteiger partial charge on any atom is -0.325 e. The third kappa shape index (κ3) is 5.76. The summed E-state index contributed by atoms with van der Waals surface area (Å²) in [6.45, 7) is 5.60. The number of hydrogen-bond donors (Lipinski definition) is 2. The van der Waals surface area contributed by atoms with E-state index >= 15 is 0 Å². The standard InChI is InChI=1S/C18H29N3O5S2/c1-4-13-27(23,24)21-12-6-5-7-17(21)18(22)19-15-8-10-16(11-9-15)28(25,26)20-14(2)3/h8-11,14,17,20H,4-7,12-13H2,1-3H3,(H,19,22). The molecule has 1 aliphatic rings. The molecule has 2 N–H and O–H groups in total. The summed E-state index contributed by atoms with van der Waals surface area (Å²) in [7, 11) is -7.08.